The van der Waals surface area contributed by atoms with Crippen molar-refractivity contribution in [2.75, 3.05) is 13.1 Å². The van der Waals surface area contributed by atoms with Crippen molar-refractivity contribution in [1.29, 1.82) is 0 Å². The summed E-state index contributed by atoms with van der Waals surface area (Å²) in [6, 6.07) is 3.70. The first-order valence-electron chi connectivity index (χ1n) is 6.13. The maximum absolute atomic E-state index is 12.3. The highest BCUT2D eigenvalue weighted by Gasteiger charge is 2.29. The molecule has 1 aliphatic rings. The molecule has 4 nitrogen and oxygen atoms in total. The molecule has 0 spiro atoms. The Kier molecular flexibility index (Phi) is 7.99. The quantitative estimate of drug-likeness (QED) is 0.910. The number of amides is 1. The normalized spacial score (nSPS) is 22.1. The van der Waals surface area contributed by atoms with Gasteiger partial charge in [0.05, 0.1) is 0 Å². The Hall–Kier alpha value is -0.840. The molecule has 0 saturated carbocycles. The van der Waals surface area contributed by atoms with Crippen molar-refractivity contribution in [2.24, 2.45) is 11.7 Å². The van der Waals surface area contributed by atoms with Gasteiger partial charge in [-0.1, -0.05) is 6.92 Å². The molecule has 1 aromatic rings. The Morgan fingerprint density at radius 3 is 2.63 bits per heavy atom. The molecule has 19 heavy (non-hydrogen) atoms. The monoisotopic (exact) mass is 305 g/mol. The second kappa shape index (κ2) is 8.35. The van der Waals surface area contributed by atoms with Crippen molar-refractivity contribution in [1.82, 2.24) is 9.88 Å². The summed E-state index contributed by atoms with van der Waals surface area (Å²) in [5.41, 5.74) is 6.47. The average molecular weight is 306 g/mol. The van der Waals surface area contributed by atoms with Crippen LogP contribution < -0.4 is 5.73 Å². The predicted molar refractivity (Wildman–Crippen MR) is 81.0 cm³/mol. The molecule has 108 valence electrons. The molecule has 1 fully saturated rings. The third-order valence-corrected chi connectivity index (χ3v) is 3.44. The molecule has 1 aromatic heterocycles. The molecular weight excluding hydrogens is 285 g/mol. The van der Waals surface area contributed by atoms with Crippen LogP contribution in [0.5, 0.6) is 0 Å². The van der Waals surface area contributed by atoms with E-state index in [4.69, 9.17) is 5.73 Å². The fourth-order valence-corrected chi connectivity index (χ4v) is 2.40. The third-order valence-electron chi connectivity index (χ3n) is 3.44. The Bertz CT molecular complexity index is 389. The Morgan fingerprint density at radius 2 is 2.05 bits per heavy atom. The van der Waals surface area contributed by atoms with Crippen molar-refractivity contribution in [3.05, 3.63) is 30.1 Å². The fourth-order valence-electron chi connectivity index (χ4n) is 2.40. The van der Waals surface area contributed by atoms with Gasteiger partial charge >= 0.3 is 0 Å². The first-order chi connectivity index (χ1) is 8.22. The molecule has 2 N–H and O–H groups in total. The van der Waals surface area contributed by atoms with E-state index in [0.29, 0.717) is 18.0 Å². The number of carbonyl (C=O) groups is 1. The Labute approximate surface area is 126 Å². The number of likely N-dealkylation sites (tertiary alicyclic amines) is 1. The van der Waals surface area contributed by atoms with E-state index in [0.717, 1.165) is 19.4 Å². The van der Waals surface area contributed by atoms with E-state index in [1.807, 2.05) is 4.90 Å². The smallest absolute Gasteiger partial charge is 0.254 e. The standard InChI is InChI=1S/C13H19N3O.2ClH/c1-10-4-7-16(12(8-10)9-14)13(17)11-2-5-15-6-3-11;;/h2-3,5-6,10,12H,4,7-9,14H2,1H3;2*1H. The lowest BCUT2D eigenvalue weighted by atomic mass is 9.92. The third kappa shape index (κ3) is 4.34. The van der Waals surface area contributed by atoms with E-state index < -0.39 is 0 Å². The highest BCUT2D eigenvalue weighted by Crippen LogP contribution is 2.23. The zero-order valence-corrected chi connectivity index (χ0v) is 12.6. The zero-order chi connectivity index (χ0) is 12.3. The lowest BCUT2D eigenvalue weighted by Crippen LogP contribution is -2.49. The SMILES string of the molecule is CC1CCN(C(=O)c2ccncc2)C(CN)C1.Cl.Cl. The molecule has 6 heteroatoms. The number of aromatic nitrogens is 1. The van der Waals surface area contributed by atoms with Crippen LogP contribution in [-0.2, 0) is 0 Å². The molecular formula is C13H21Cl2N3O. The molecule has 2 heterocycles. The van der Waals surface area contributed by atoms with E-state index in [2.05, 4.69) is 11.9 Å². The maximum atomic E-state index is 12.3. The molecule has 1 aliphatic heterocycles. The van der Waals surface area contributed by atoms with E-state index >= 15 is 0 Å². The van der Waals surface area contributed by atoms with Crippen LogP contribution in [0.4, 0.5) is 0 Å². The summed E-state index contributed by atoms with van der Waals surface area (Å²) in [7, 11) is 0. The van der Waals surface area contributed by atoms with Crippen molar-refractivity contribution in [3.63, 3.8) is 0 Å². The Morgan fingerprint density at radius 1 is 1.42 bits per heavy atom. The van der Waals surface area contributed by atoms with E-state index in [9.17, 15) is 4.79 Å². The highest BCUT2D eigenvalue weighted by atomic mass is 35.5. The summed E-state index contributed by atoms with van der Waals surface area (Å²) in [4.78, 5) is 18.2. The number of carbonyl (C=O) groups excluding carboxylic acids is 1. The number of hydrogen-bond donors (Lipinski definition) is 1. The topological polar surface area (TPSA) is 59.2 Å². The maximum Gasteiger partial charge on any atom is 0.254 e. The molecule has 2 atom stereocenters. The summed E-state index contributed by atoms with van der Waals surface area (Å²) in [6.45, 7) is 3.57. The molecule has 0 bridgehead atoms. The average Bonchev–Trinajstić information content (AvgIpc) is 2.39. The lowest BCUT2D eigenvalue weighted by Gasteiger charge is -2.38. The number of piperidine rings is 1. The number of halogens is 2. The van der Waals surface area contributed by atoms with Crippen molar-refractivity contribution in [3.8, 4) is 0 Å². The second-order valence-corrected chi connectivity index (χ2v) is 4.75. The van der Waals surface area contributed by atoms with Gasteiger partial charge in [0, 0.05) is 37.1 Å². The minimum atomic E-state index is 0. The van der Waals surface area contributed by atoms with Crippen LogP contribution in [0.1, 0.15) is 30.1 Å². The summed E-state index contributed by atoms with van der Waals surface area (Å²) in [5.74, 6) is 0.736. The Balaban J connectivity index is 0.00000162. The molecule has 2 rings (SSSR count). The number of nitrogens with zero attached hydrogens (tertiary/aromatic N) is 2. The van der Waals surface area contributed by atoms with Gasteiger partial charge in [0.2, 0.25) is 0 Å². The van der Waals surface area contributed by atoms with E-state index in [1.54, 1.807) is 24.5 Å². The van der Waals surface area contributed by atoms with Gasteiger partial charge < -0.3 is 10.6 Å². The summed E-state index contributed by atoms with van der Waals surface area (Å²) < 4.78 is 0. The zero-order valence-electron chi connectivity index (χ0n) is 11.0. The van der Waals surface area contributed by atoms with Crippen molar-refractivity contribution >= 4 is 30.7 Å². The molecule has 2 unspecified atom stereocenters. The summed E-state index contributed by atoms with van der Waals surface area (Å²) in [5, 5.41) is 0. The van der Waals surface area contributed by atoms with Crippen LogP contribution >= 0.6 is 24.8 Å². The highest BCUT2D eigenvalue weighted by molar-refractivity contribution is 5.94. The number of pyridine rings is 1. The largest absolute Gasteiger partial charge is 0.334 e. The number of hydrogen-bond acceptors (Lipinski definition) is 3. The molecule has 1 saturated heterocycles. The minimum absolute atomic E-state index is 0. The van der Waals surface area contributed by atoms with Gasteiger partial charge in [-0.2, -0.15) is 0 Å². The van der Waals surface area contributed by atoms with Gasteiger partial charge in [-0.3, -0.25) is 9.78 Å². The van der Waals surface area contributed by atoms with Gasteiger partial charge in [-0.05, 0) is 30.9 Å². The molecule has 1 amide bonds. The van der Waals surface area contributed by atoms with Crippen LogP contribution in [0.3, 0.4) is 0 Å². The molecule has 0 aliphatic carbocycles. The number of nitrogens with two attached hydrogens (primary N) is 1. The van der Waals surface area contributed by atoms with Crippen molar-refractivity contribution in [2.45, 2.75) is 25.8 Å². The summed E-state index contributed by atoms with van der Waals surface area (Å²) >= 11 is 0. The van der Waals surface area contributed by atoms with Crippen LogP contribution in [0.15, 0.2) is 24.5 Å². The van der Waals surface area contributed by atoms with Gasteiger partial charge in [0.1, 0.15) is 0 Å². The minimum Gasteiger partial charge on any atom is -0.334 e. The lowest BCUT2D eigenvalue weighted by molar-refractivity contribution is 0.0573. The van der Waals surface area contributed by atoms with Crippen LogP contribution in [0.2, 0.25) is 0 Å². The first-order valence-corrected chi connectivity index (χ1v) is 6.13. The van der Waals surface area contributed by atoms with Gasteiger partial charge in [0.15, 0.2) is 0 Å². The van der Waals surface area contributed by atoms with E-state index in [1.165, 1.54) is 0 Å². The first kappa shape index (κ1) is 18.2. The number of rotatable bonds is 2. The molecule has 0 aromatic carbocycles. The van der Waals surface area contributed by atoms with Crippen molar-refractivity contribution < 1.29 is 4.79 Å². The van der Waals surface area contributed by atoms with Gasteiger partial charge in [-0.15, -0.1) is 24.8 Å². The van der Waals surface area contributed by atoms with E-state index in [-0.39, 0.29) is 36.8 Å². The summed E-state index contributed by atoms with van der Waals surface area (Å²) in [6.07, 6.45) is 5.37. The second-order valence-electron chi connectivity index (χ2n) is 4.75. The fraction of sp³-hybridized carbons (Fsp3) is 0.538. The predicted octanol–water partition coefficient (Wildman–Crippen LogP) is 2.12. The van der Waals surface area contributed by atoms with Gasteiger partial charge in [-0.25, -0.2) is 0 Å². The van der Waals surface area contributed by atoms with Gasteiger partial charge in [0.25, 0.3) is 5.91 Å². The van der Waals surface area contributed by atoms with Crippen LogP contribution in [0.25, 0.3) is 0 Å². The van der Waals surface area contributed by atoms with Crippen LogP contribution in [-0.4, -0.2) is 34.9 Å². The van der Waals surface area contributed by atoms with Crippen LogP contribution in [0, 0.1) is 5.92 Å². The molecule has 0 radical (unpaired) electrons.